The Morgan fingerprint density at radius 2 is 2.06 bits per heavy atom. The molecule has 1 aromatic heterocycles. The molecule has 0 bridgehead atoms. The van der Waals surface area contributed by atoms with E-state index in [2.05, 4.69) is 10.6 Å². The number of nitrogens with one attached hydrogen (secondary N) is 2. The standard InChI is InChI=1S/C22H23FN4O3S/c1-12-16-8-17-19(9-18(16)27(31(3)29)11-15(10-24)26-12)30-21(20(17)22(28)25-2)13-4-6-14(23)7-5-13/h4-10,12,26H,11,24H2,1-3H3,(H,25,28)/b15-10-. The molecule has 2 atom stereocenters. The molecule has 4 N–H and O–H groups in total. The third-order valence-electron chi connectivity index (χ3n) is 5.36. The van der Waals surface area contributed by atoms with Crippen LogP contribution in [0.4, 0.5) is 10.1 Å². The number of furan rings is 1. The van der Waals surface area contributed by atoms with Crippen molar-refractivity contribution in [2.75, 3.05) is 24.2 Å². The van der Waals surface area contributed by atoms with Crippen LogP contribution in [0.25, 0.3) is 22.3 Å². The topological polar surface area (TPSA) is 101 Å². The van der Waals surface area contributed by atoms with E-state index in [-0.39, 0.29) is 17.8 Å². The van der Waals surface area contributed by atoms with E-state index >= 15 is 0 Å². The van der Waals surface area contributed by atoms with Crippen LogP contribution in [0.2, 0.25) is 0 Å². The minimum atomic E-state index is -1.32. The Morgan fingerprint density at radius 1 is 1.35 bits per heavy atom. The third kappa shape index (κ3) is 3.65. The summed E-state index contributed by atoms with van der Waals surface area (Å²) < 4.78 is 33.8. The Bertz CT molecular complexity index is 1220. The van der Waals surface area contributed by atoms with Gasteiger partial charge in [0.05, 0.1) is 23.8 Å². The van der Waals surface area contributed by atoms with Gasteiger partial charge < -0.3 is 20.8 Å². The zero-order valence-corrected chi connectivity index (χ0v) is 18.2. The molecule has 31 heavy (non-hydrogen) atoms. The van der Waals surface area contributed by atoms with Crippen molar-refractivity contribution in [1.29, 1.82) is 0 Å². The van der Waals surface area contributed by atoms with Gasteiger partial charge in [-0.1, -0.05) is 0 Å². The first-order valence-electron chi connectivity index (χ1n) is 9.71. The molecule has 0 radical (unpaired) electrons. The number of carbonyl (C=O) groups is 1. The van der Waals surface area contributed by atoms with Crippen molar-refractivity contribution in [3.05, 3.63) is 65.2 Å². The first-order chi connectivity index (χ1) is 14.8. The molecular weight excluding hydrogens is 419 g/mol. The molecule has 0 saturated heterocycles. The highest BCUT2D eigenvalue weighted by Gasteiger charge is 2.29. The summed E-state index contributed by atoms with van der Waals surface area (Å²) in [5.41, 5.74) is 9.49. The van der Waals surface area contributed by atoms with Gasteiger partial charge in [-0.2, -0.15) is 0 Å². The average Bonchev–Trinajstić information content (AvgIpc) is 3.06. The van der Waals surface area contributed by atoms with Crippen molar-refractivity contribution in [2.45, 2.75) is 13.0 Å². The molecule has 4 rings (SSSR count). The molecule has 1 aliphatic heterocycles. The highest BCUT2D eigenvalue weighted by molar-refractivity contribution is 7.85. The van der Waals surface area contributed by atoms with Crippen LogP contribution in [0.5, 0.6) is 0 Å². The summed E-state index contributed by atoms with van der Waals surface area (Å²) in [7, 11) is 0.227. The van der Waals surface area contributed by atoms with Gasteiger partial charge in [0.1, 0.15) is 28.1 Å². The molecule has 1 amide bonds. The number of carbonyl (C=O) groups excluding carboxylic acids is 1. The summed E-state index contributed by atoms with van der Waals surface area (Å²) in [6.45, 7) is 2.31. The molecular formula is C22H23FN4O3S. The van der Waals surface area contributed by atoms with Crippen molar-refractivity contribution < 1.29 is 17.8 Å². The van der Waals surface area contributed by atoms with Crippen LogP contribution in [-0.4, -0.2) is 30.0 Å². The summed E-state index contributed by atoms with van der Waals surface area (Å²) >= 11 is 0. The minimum Gasteiger partial charge on any atom is -0.455 e. The number of nitrogens with zero attached hydrogens (tertiary/aromatic N) is 1. The molecule has 0 aliphatic carbocycles. The van der Waals surface area contributed by atoms with Crippen LogP contribution in [-0.2, 0) is 11.0 Å². The van der Waals surface area contributed by atoms with Gasteiger partial charge >= 0.3 is 0 Å². The van der Waals surface area contributed by atoms with E-state index in [1.165, 1.54) is 18.3 Å². The van der Waals surface area contributed by atoms with Gasteiger partial charge in [0.2, 0.25) is 0 Å². The van der Waals surface area contributed by atoms with E-state index in [9.17, 15) is 13.4 Å². The van der Waals surface area contributed by atoms with E-state index in [1.807, 2.05) is 13.0 Å². The van der Waals surface area contributed by atoms with Crippen molar-refractivity contribution in [3.8, 4) is 11.3 Å². The highest BCUT2D eigenvalue weighted by atomic mass is 32.2. The summed E-state index contributed by atoms with van der Waals surface area (Å²) in [4.78, 5) is 12.8. The summed E-state index contributed by atoms with van der Waals surface area (Å²) in [5, 5.41) is 6.60. The minimum absolute atomic E-state index is 0.149. The van der Waals surface area contributed by atoms with Crippen molar-refractivity contribution >= 4 is 33.5 Å². The molecule has 162 valence electrons. The number of anilines is 1. The van der Waals surface area contributed by atoms with Crippen LogP contribution in [0, 0.1) is 5.82 Å². The first kappa shape index (κ1) is 20.9. The number of hydrogen-bond acceptors (Lipinski definition) is 5. The van der Waals surface area contributed by atoms with Gasteiger partial charge in [-0.15, -0.1) is 0 Å². The molecule has 9 heteroatoms. The van der Waals surface area contributed by atoms with Crippen LogP contribution in [0.15, 0.2) is 52.7 Å². The second kappa shape index (κ2) is 8.07. The SMILES string of the molecule is CNC(=O)c1c(-c2ccc(F)cc2)oc2cc3c(cc12)C(C)N/C(=C\N)CN3S(C)=O. The Kier molecular flexibility index (Phi) is 5.45. The third-order valence-corrected chi connectivity index (χ3v) is 6.31. The lowest BCUT2D eigenvalue weighted by Crippen LogP contribution is -2.29. The summed E-state index contributed by atoms with van der Waals surface area (Å²) in [6, 6.07) is 9.30. The number of amides is 1. The Labute approximate surface area is 181 Å². The lowest BCUT2D eigenvalue weighted by molar-refractivity contribution is 0.0964. The van der Waals surface area contributed by atoms with Gasteiger partial charge in [0.15, 0.2) is 0 Å². The van der Waals surface area contributed by atoms with E-state index in [4.69, 9.17) is 10.2 Å². The van der Waals surface area contributed by atoms with Gasteiger partial charge in [0.25, 0.3) is 5.91 Å². The Morgan fingerprint density at radius 3 is 2.68 bits per heavy atom. The molecule has 2 aromatic carbocycles. The summed E-state index contributed by atoms with van der Waals surface area (Å²) in [5.74, 6) is -0.342. The van der Waals surface area contributed by atoms with E-state index in [0.717, 1.165) is 16.9 Å². The van der Waals surface area contributed by atoms with Crippen LogP contribution < -0.4 is 20.7 Å². The molecule has 2 unspecified atom stereocenters. The van der Waals surface area contributed by atoms with Crippen LogP contribution in [0.3, 0.4) is 0 Å². The lowest BCUT2D eigenvalue weighted by atomic mass is 9.99. The normalized spacial score (nSPS) is 18.4. The first-order valence-corrected chi connectivity index (χ1v) is 11.2. The van der Waals surface area contributed by atoms with Crippen molar-refractivity contribution in [3.63, 3.8) is 0 Å². The van der Waals surface area contributed by atoms with E-state index in [1.54, 1.807) is 35.8 Å². The second-order valence-corrected chi connectivity index (χ2v) is 8.61. The van der Waals surface area contributed by atoms with Gasteiger partial charge in [-0.3, -0.25) is 9.10 Å². The van der Waals surface area contributed by atoms with E-state index < -0.39 is 11.0 Å². The average molecular weight is 443 g/mol. The monoisotopic (exact) mass is 442 g/mol. The predicted molar refractivity (Wildman–Crippen MR) is 120 cm³/mol. The smallest absolute Gasteiger partial charge is 0.255 e. The molecule has 2 heterocycles. The van der Waals surface area contributed by atoms with Crippen LogP contribution >= 0.6 is 0 Å². The molecule has 7 nitrogen and oxygen atoms in total. The number of halogens is 1. The quantitative estimate of drug-likeness (QED) is 0.579. The number of nitrogens with two attached hydrogens (primary N) is 1. The fraction of sp³-hybridized carbons (Fsp3) is 0.227. The fourth-order valence-electron chi connectivity index (χ4n) is 3.84. The van der Waals surface area contributed by atoms with Crippen molar-refractivity contribution in [1.82, 2.24) is 10.6 Å². The second-order valence-electron chi connectivity index (χ2n) is 7.32. The predicted octanol–water partition coefficient (Wildman–Crippen LogP) is 3.16. The maximum absolute atomic E-state index is 13.4. The number of rotatable bonds is 3. The number of fused-ring (bicyclic) bond motifs is 2. The zero-order valence-electron chi connectivity index (χ0n) is 17.4. The van der Waals surface area contributed by atoms with Crippen molar-refractivity contribution in [2.24, 2.45) is 5.73 Å². The fourth-order valence-corrected chi connectivity index (χ4v) is 4.59. The largest absolute Gasteiger partial charge is 0.455 e. The Hall–Kier alpha value is -3.33. The van der Waals surface area contributed by atoms with Crippen LogP contribution in [0.1, 0.15) is 28.9 Å². The number of hydrogen-bond donors (Lipinski definition) is 3. The molecule has 3 aromatic rings. The summed E-state index contributed by atoms with van der Waals surface area (Å²) in [6.07, 6.45) is 3.06. The maximum Gasteiger partial charge on any atom is 0.255 e. The molecule has 0 saturated carbocycles. The Balaban J connectivity index is 2.00. The highest BCUT2D eigenvalue weighted by Crippen LogP contribution is 2.40. The van der Waals surface area contributed by atoms with Gasteiger partial charge in [0, 0.05) is 42.2 Å². The lowest BCUT2D eigenvalue weighted by Gasteiger charge is -2.21. The number of benzene rings is 2. The molecule has 0 spiro atoms. The molecule has 0 fully saturated rings. The zero-order chi connectivity index (χ0) is 22.3. The maximum atomic E-state index is 13.4. The van der Waals surface area contributed by atoms with E-state index in [0.29, 0.717) is 34.4 Å². The van der Waals surface area contributed by atoms with Gasteiger partial charge in [-0.05, 0) is 42.8 Å². The van der Waals surface area contributed by atoms with Gasteiger partial charge in [-0.25, -0.2) is 8.60 Å². The molecule has 1 aliphatic rings.